The van der Waals surface area contributed by atoms with Crippen molar-refractivity contribution >= 4 is 5.84 Å². The SMILES string of the molecule is CCC1N=C(N)COCC1(F)F. The minimum Gasteiger partial charge on any atom is -0.386 e. The summed E-state index contributed by atoms with van der Waals surface area (Å²) < 4.78 is 30.7. The van der Waals surface area contributed by atoms with E-state index in [1.54, 1.807) is 6.92 Å². The summed E-state index contributed by atoms with van der Waals surface area (Å²) in [5, 5.41) is 0. The molecule has 0 fully saturated rings. The monoisotopic (exact) mass is 178 g/mol. The van der Waals surface area contributed by atoms with E-state index in [1.165, 1.54) is 0 Å². The normalized spacial score (nSPS) is 29.2. The molecule has 3 nitrogen and oxygen atoms in total. The third-order valence-electron chi connectivity index (χ3n) is 1.74. The first-order valence-electron chi connectivity index (χ1n) is 3.84. The maximum absolute atomic E-state index is 13.0. The predicted octanol–water partition coefficient (Wildman–Crippen LogP) is 0.788. The summed E-state index contributed by atoms with van der Waals surface area (Å²) in [6.45, 7) is 1.07. The Kier molecular flexibility index (Phi) is 2.62. The highest BCUT2D eigenvalue weighted by atomic mass is 19.3. The van der Waals surface area contributed by atoms with E-state index in [-0.39, 0.29) is 18.9 Å². The lowest BCUT2D eigenvalue weighted by molar-refractivity contribution is -0.0820. The molecule has 0 saturated carbocycles. The highest BCUT2D eigenvalue weighted by Crippen LogP contribution is 2.25. The van der Waals surface area contributed by atoms with Gasteiger partial charge in [-0.15, -0.1) is 0 Å². The maximum atomic E-state index is 13.0. The fourth-order valence-electron chi connectivity index (χ4n) is 1.11. The fourth-order valence-corrected chi connectivity index (χ4v) is 1.11. The van der Waals surface area contributed by atoms with Crippen molar-refractivity contribution in [3.8, 4) is 0 Å². The Labute approximate surface area is 69.6 Å². The van der Waals surface area contributed by atoms with Gasteiger partial charge in [0.2, 0.25) is 0 Å². The van der Waals surface area contributed by atoms with Crippen molar-refractivity contribution in [2.24, 2.45) is 10.7 Å². The van der Waals surface area contributed by atoms with Crippen LogP contribution in [0.1, 0.15) is 13.3 Å². The second kappa shape index (κ2) is 3.35. The molecule has 0 aliphatic carbocycles. The van der Waals surface area contributed by atoms with E-state index in [1.807, 2.05) is 0 Å². The lowest BCUT2D eigenvalue weighted by Gasteiger charge is -2.19. The summed E-state index contributed by atoms with van der Waals surface area (Å²) in [5.41, 5.74) is 5.31. The van der Waals surface area contributed by atoms with Gasteiger partial charge in [-0.3, -0.25) is 4.99 Å². The number of halogens is 2. The zero-order chi connectivity index (χ0) is 9.19. The van der Waals surface area contributed by atoms with Crippen molar-refractivity contribution in [2.45, 2.75) is 25.3 Å². The zero-order valence-corrected chi connectivity index (χ0v) is 6.89. The van der Waals surface area contributed by atoms with Gasteiger partial charge in [-0.1, -0.05) is 6.92 Å². The number of hydrogen-bond donors (Lipinski definition) is 1. The number of aliphatic imine (C=N–C) groups is 1. The average molecular weight is 178 g/mol. The van der Waals surface area contributed by atoms with Crippen molar-refractivity contribution < 1.29 is 13.5 Å². The Hall–Kier alpha value is -0.710. The number of hydrogen-bond acceptors (Lipinski definition) is 3. The van der Waals surface area contributed by atoms with Gasteiger partial charge in [-0.2, -0.15) is 0 Å². The molecule has 2 N–H and O–H groups in total. The minimum atomic E-state index is -2.88. The largest absolute Gasteiger partial charge is 0.386 e. The van der Waals surface area contributed by atoms with Gasteiger partial charge in [0, 0.05) is 0 Å². The van der Waals surface area contributed by atoms with Crippen LogP contribution < -0.4 is 5.73 Å². The van der Waals surface area contributed by atoms with E-state index in [2.05, 4.69) is 9.73 Å². The van der Waals surface area contributed by atoms with Crippen LogP contribution >= 0.6 is 0 Å². The lowest BCUT2D eigenvalue weighted by Crippen LogP contribution is -2.35. The van der Waals surface area contributed by atoms with E-state index < -0.39 is 18.6 Å². The predicted molar refractivity (Wildman–Crippen MR) is 41.5 cm³/mol. The minimum absolute atomic E-state index is 0.00604. The van der Waals surface area contributed by atoms with E-state index in [0.717, 1.165) is 0 Å². The number of alkyl halides is 2. The summed E-state index contributed by atoms with van der Waals surface area (Å²) >= 11 is 0. The summed E-state index contributed by atoms with van der Waals surface area (Å²) in [5.74, 6) is -2.73. The molecule has 1 heterocycles. The summed E-state index contributed by atoms with van der Waals surface area (Å²) in [4.78, 5) is 3.67. The molecular formula is C7H12F2N2O. The molecule has 0 aromatic heterocycles. The molecule has 0 saturated heterocycles. The second-order valence-corrected chi connectivity index (χ2v) is 2.80. The van der Waals surface area contributed by atoms with Crippen molar-refractivity contribution in [3.63, 3.8) is 0 Å². The Morgan fingerprint density at radius 3 is 3.00 bits per heavy atom. The number of nitrogens with zero attached hydrogens (tertiary/aromatic N) is 1. The van der Waals surface area contributed by atoms with Crippen LogP contribution in [-0.4, -0.2) is 31.0 Å². The highest BCUT2D eigenvalue weighted by molar-refractivity contribution is 5.81. The Bertz CT molecular complexity index is 194. The second-order valence-electron chi connectivity index (χ2n) is 2.80. The van der Waals surface area contributed by atoms with Gasteiger partial charge in [-0.25, -0.2) is 8.78 Å². The summed E-state index contributed by atoms with van der Waals surface area (Å²) in [7, 11) is 0. The highest BCUT2D eigenvalue weighted by Gasteiger charge is 2.40. The topological polar surface area (TPSA) is 47.6 Å². The first kappa shape index (κ1) is 9.38. The molecule has 1 aliphatic rings. The van der Waals surface area contributed by atoms with Crippen molar-refractivity contribution in [1.82, 2.24) is 0 Å². The van der Waals surface area contributed by atoms with Gasteiger partial charge < -0.3 is 10.5 Å². The quantitative estimate of drug-likeness (QED) is 0.645. The van der Waals surface area contributed by atoms with E-state index in [9.17, 15) is 8.78 Å². The Morgan fingerprint density at radius 1 is 1.75 bits per heavy atom. The zero-order valence-electron chi connectivity index (χ0n) is 6.89. The van der Waals surface area contributed by atoms with Crippen LogP contribution in [0.15, 0.2) is 4.99 Å². The van der Waals surface area contributed by atoms with Crippen LogP contribution in [0.5, 0.6) is 0 Å². The third-order valence-corrected chi connectivity index (χ3v) is 1.74. The van der Waals surface area contributed by atoms with Gasteiger partial charge >= 0.3 is 0 Å². The molecule has 70 valence electrons. The van der Waals surface area contributed by atoms with E-state index >= 15 is 0 Å². The van der Waals surface area contributed by atoms with Crippen molar-refractivity contribution in [3.05, 3.63) is 0 Å². The fraction of sp³-hybridized carbons (Fsp3) is 0.857. The Balaban J connectivity index is 2.79. The third kappa shape index (κ3) is 1.91. The van der Waals surface area contributed by atoms with Crippen LogP contribution in [0, 0.1) is 0 Å². The van der Waals surface area contributed by atoms with Gasteiger partial charge in [0.25, 0.3) is 5.92 Å². The van der Waals surface area contributed by atoms with Gasteiger partial charge in [0.15, 0.2) is 0 Å². The maximum Gasteiger partial charge on any atom is 0.292 e. The number of ether oxygens (including phenoxy) is 1. The van der Waals surface area contributed by atoms with Crippen molar-refractivity contribution in [2.75, 3.05) is 13.2 Å². The van der Waals surface area contributed by atoms with Gasteiger partial charge in [0.05, 0.1) is 0 Å². The molecule has 1 unspecified atom stereocenters. The van der Waals surface area contributed by atoms with Crippen LogP contribution in [0.3, 0.4) is 0 Å². The standard InChI is InChI=1S/C7H12F2N2O/c1-2-5-7(8,9)4-12-3-6(10)11-5/h5H,2-4H2,1H3,(H2,10,11). The molecule has 1 aliphatic heterocycles. The van der Waals surface area contributed by atoms with Gasteiger partial charge in [-0.05, 0) is 6.42 Å². The summed E-state index contributed by atoms with van der Waals surface area (Å²) in [6, 6.07) is -1.03. The molecule has 12 heavy (non-hydrogen) atoms. The molecule has 0 bridgehead atoms. The molecular weight excluding hydrogens is 166 g/mol. The molecule has 0 radical (unpaired) electrons. The van der Waals surface area contributed by atoms with Crippen LogP contribution in [0.25, 0.3) is 0 Å². The molecule has 1 atom stereocenters. The first-order chi connectivity index (χ1) is 5.56. The molecule has 0 amide bonds. The van der Waals surface area contributed by atoms with Crippen LogP contribution in [0.2, 0.25) is 0 Å². The lowest BCUT2D eigenvalue weighted by atomic mass is 10.1. The van der Waals surface area contributed by atoms with Crippen LogP contribution in [0.4, 0.5) is 8.78 Å². The molecule has 5 heteroatoms. The average Bonchev–Trinajstić information content (AvgIpc) is 2.10. The number of rotatable bonds is 1. The first-order valence-corrected chi connectivity index (χ1v) is 3.84. The van der Waals surface area contributed by atoms with E-state index in [4.69, 9.17) is 5.73 Å². The van der Waals surface area contributed by atoms with E-state index in [0.29, 0.717) is 0 Å². The van der Waals surface area contributed by atoms with Crippen molar-refractivity contribution in [1.29, 1.82) is 0 Å². The van der Waals surface area contributed by atoms with Gasteiger partial charge in [0.1, 0.15) is 25.1 Å². The summed E-state index contributed by atoms with van der Waals surface area (Å²) in [6.07, 6.45) is 0.275. The Morgan fingerprint density at radius 2 is 2.42 bits per heavy atom. The smallest absolute Gasteiger partial charge is 0.292 e. The number of nitrogens with two attached hydrogens (primary N) is 1. The number of amidine groups is 1. The molecule has 0 aromatic rings. The molecule has 1 rings (SSSR count). The molecule has 0 spiro atoms. The molecule has 0 aromatic carbocycles. The van der Waals surface area contributed by atoms with Crippen LogP contribution in [-0.2, 0) is 4.74 Å².